The molecule has 1 N–H and O–H groups in total. The van der Waals surface area contributed by atoms with Gasteiger partial charge in [-0.1, -0.05) is 19.3 Å². The van der Waals surface area contributed by atoms with Gasteiger partial charge in [0.05, 0.1) is 5.56 Å². The first-order valence-electron chi connectivity index (χ1n) is 9.50. The van der Waals surface area contributed by atoms with Crippen LogP contribution in [-0.2, 0) is 14.3 Å². The molecule has 0 aromatic heterocycles. The zero-order chi connectivity index (χ0) is 18.4. The molecular formula is C20H26N2O4. The average molecular weight is 358 g/mol. The molecule has 1 aromatic rings. The molecule has 2 fully saturated rings. The van der Waals surface area contributed by atoms with Crippen molar-refractivity contribution < 1.29 is 19.1 Å². The molecule has 1 heterocycles. The third kappa shape index (κ3) is 4.84. The van der Waals surface area contributed by atoms with E-state index in [1.807, 2.05) is 0 Å². The predicted octanol–water partition coefficient (Wildman–Crippen LogP) is 2.81. The molecule has 6 nitrogen and oxygen atoms in total. The number of anilines is 1. The summed E-state index contributed by atoms with van der Waals surface area (Å²) in [7, 11) is 0. The van der Waals surface area contributed by atoms with Gasteiger partial charge in [0.25, 0.3) is 5.91 Å². The lowest BCUT2D eigenvalue weighted by molar-refractivity contribution is -0.125. The van der Waals surface area contributed by atoms with Crippen molar-refractivity contribution >= 4 is 23.5 Å². The Morgan fingerprint density at radius 2 is 1.77 bits per heavy atom. The van der Waals surface area contributed by atoms with E-state index in [0.29, 0.717) is 18.5 Å². The number of ether oxygens (including phenoxy) is 1. The molecule has 0 spiro atoms. The summed E-state index contributed by atoms with van der Waals surface area (Å²) in [6.45, 7) is 0.450. The molecule has 1 aliphatic heterocycles. The van der Waals surface area contributed by atoms with Gasteiger partial charge in [0.15, 0.2) is 6.61 Å². The Morgan fingerprint density at radius 1 is 1.04 bits per heavy atom. The van der Waals surface area contributed by atoms with Crippen LogP contribution in [0.2, 0.25) is 0 Å². The Bertz CT molecular complexity index is 650. The summed E-state index contributed by atoms with van der Waals surface area (Å²) in [5.74, 6) is -0.660. The van der Waals surface area contributed by atoms with Crippen molar-refractivity contribution in [1.82, 2.24) is 5.32 Å². The number of rotatable bonds is 5. The van der Waals surface area contributed by atoms with E-state index < -0.39 is 5.97 Å². The highest BCUT2D eigenvalue weighted by Gasteiger charge is 2.20. The number of piperidine rings is 1. The molecule has 2 amide bonds. The summed E-state index contributed by atoms with van der Waals surface area (Å²) in [6.07, 6.45) is 7.98. The zero-order valence-corrected chi connectivity index (χ0v) is 15.0. The number of nitrogens with zero attached hydrogens (tertiary/aromatic N) is 1. The minimum Gasteiger partial charge on any atom is -0.452 e. The summed E-state index contributed by atoms with van der Waals surface area (Å²) in [6, 6.07) is 6.98. The van der Waals surface area contributed by atoms with Crippen molar-refractivity contribution in [1.29, 1.82) is 0 Å². The fraction of sp³-hybridized carbons (Fsp3) is 0.550. The first-order valence-corrected chi connectivity index (χ1v) is 9.50. The third-order valence-corrected chi connectivity index (χ3v) is 5.04. The van der Waals surface area contributed by atoms with Crippen molar-refractivity contribution in [2.75, 3.05) is 18.1 Å². The molecule has 0 radical (unpaired) electrons. The van der Waals surface area contributed by atoms with Crippen molar-refractivity contribution in [2.24, 2.45) is 0 Å². The number of hydrogen-bond acceptors (Lipinski definition) is 4. The minimum atomic E-state index is -0.527. The molecule has 0 unspecified atom stereocenters. The van der Waals surface area contributed by atoms with Crippen LogP contribution in [0.5, 0.6) is 0 Å². The normalized spacial score (nSPS) is 18.5. The maximum absolute atomic E-state index is 12.1. The Labute approximate surface area is 153 Å². The molecule has 2 aliphatic rings. The van der Waals surface area contributed by atoms with Crippen LogP contribution in [0.1, 0.15) is 61.7 Å². The van der Waals surface area contributed by atoms with Crippen molar-refractivity contribution in [2.45, 2.75) is 57.4 Å². The smallest absolute Gasteiger partial charge is 0.338 e. The number of amides is 2. The number of carbonyl (C=O) groups is 3. The molecule has 1 aliphatic carbocycles. The van der Waals surface area contributed by atoms with Crippen LogP contribution in [0.25, 0.3) is 0 Å². The number of benzene rings is 1. The van der Waals surface area contributed by atoms with Gasteiger partial charge in [0, 0.05) is 24.7 Å². The van der Waals surface area contributed by atoms with Gasteiger partial charge < -0.3 is 15.0 Å². The number of hydrogen-bond donors (Lipinski definition) is 1. The standard InChI is InChI=1S/C20H26N2O4/c23-18(21-16-6-2-1-3-7-16)14-26-20(25)15-9-11-17(12-10-15)22-13-5-4-8-19(22)24/h9-12,16H,1-8,13-14H2,(H,21,23). The molecule has 1 aromatic carbocycles. The van der Waals surface area contributed by atoms with E-state index in [9.17, 15) is 14.4 Å². The maximum atomic E-state index is 12.1. The van der Waals surface area contributed by atoms with E-state index in [1.54, 1.807) is 29.2 Å². The highest BCUT2D eigenvalue weighted by Crippen LogP contribution is 2.21. The summed E-state index contributed by atoms with van der Waals surface area (Å²) in [4.78, 5) is 37.7. The van der Waals surface area contributed by atoms with E-state index in [1.165, 1.54) is 6.42 Å². The molecule has 3 rings (SSSR count). The predicted molar refractivity (Wildman–Crippen MR) is 97.9 cm³/mol. The van der Waals surface area contributed by atoms with Crippen LogP contribution in [-0.4, -0.2) is 37.0 Å². The fourth-order valence-electron chi connectivity index (χ4n) is 3.59. The highest BCUT2D eigenvalue weighted by atomic mass is 16.5. The van der Waals surface area contributed by atoms with E-state index in [4.69, 9.17) is 4.74 Å². The van der Waals surface area contributed by atoms with Crippen molar-refractivity contribution in [3.8, 4) is 0 Å². The highest BCUT2D eigenvalue weighted by molar-refractivity contribution is 5.95. The topological polar surface area (TPSA) is 75.7 Å². The number of carbonyl (C=O) groups excluding carboxylic acids is 3. The van der Waals surface area contributed by atoms with Crippen LogP contribution >= 0.6 is 0 Å². The first-order chi connectivity index (χ1) is 12.6. The molecular weight excluding hydrogens is 332 g/mol. The van der Waals surface area contributed by atoms with Crippen molar-refractivity contribution in [3.05, 3.63) is 29.8 Å². The lowest BCUT2D eigenvalue weighted by atomic mass is 9.95. The van der Waals surface area contributed by atoms with Crippen LogP contribution in [0.4, 0.5) is 5.69 Å². The van der Waals surface area contributed by atoms with Gasteiger partial charge in [-0.3, -0.25) is 9.59 Å². The van der Waals surface area contributed by atoms with Gasteiger partial charge in [-0.05, 0) is 49.9 Å². The zero-order valence-electron chi connectivity index (χ0n) is 15.0. The first kappa shape index (κ1) is 18.4. The van der Waals surface area contributed by atoms with E-state index in [2.05, 4.69) is 5.32 Å². The molecule has 26 heavy (non-hydrogen) atoms. The molecule has 0 bridgehead atoms. The largest absolute Gasteiger partial charge is 0.452 e. The summed E-state index contributed by atoms with van der Waals surface area (Å²) in [5, 5.41) is 2.92. The van der Waals surface area contributed by atoms with E-state index in [0.717, 1.165) is 44.2 Å². The lowest BCUT2D eigenvalue weighted by Gasteiger charge is -2.26. The van der Waals surface area contributed by atoms with Gasteiger partial charge in [-0.2, -0.15) is 0 Å². The Hall–Kier alpha value is -2.37. The van der Waals surface area contributed by atoms with E-state index in [-0.39, 0.29) is 24.5 Å². The van der Waals surface area contributed by atoms with Crippen LogP contribution in [0.15, 0.2) is 24.3 Å². The molecule has 6 heteroatoms. The van der Waals surface area contributed by atoms with Gasteiger partial charge in [-0.15, -0.1) is 0 Å². The van der Waals surface area contributed by atoms with Crippen LogP contribution in [0.3, 0.4) is 0 Å². The van der Waals surface area contributed by atoms with Gasteiger partial charge in [-0.25, -0.2) is 4.79 Å². The number of esters is 1. The second-order valence-corrected chi connectivity index (χ2v) is 7.03. The van der Waals surface area contributed by atoms with Gasteiger partial charge in [0.2, 0.25) is 5.91 Å². The van der Waals surface area contributed by atoms with Crippen LogP contribution in [0, 0.1) is 0 Å². The molecule has 1 saturated heterocycles. The van der Waals surface area contributed by atoms with E-state index >= 15 is 0 Å². The summed E-state index contributed by atoms with van der Waals surface area (Å²) >= 11 is 0. The molecule has 1 saturated carbocycles. The fourth-order valence-corrected chi connectivity index (χ4v) is 3.59. The van der Waals surface area contributed by atoms with Crippen molar-refractivity contribution in [3.63, 3.8) is 0 Å². The minimum absolute atomic E-state index is 0.117. The Kier molecular flexibility index (Phi) is 6.26. The summed E-state index contributed by atoms with van der Waals surface area (Å²) in [5.41, 5.74) is 1.17. The second kappa shape index (κ2) is 8.83. The quantitative estimate of drug-likeness (QED) is 0.821. The molecule has 140 valence electrons. The molecule has 0 atom stereocenters. The third-order valence-electron chi connectivity index (χ3n) is 5.04. The Balaban J connectivity index is 1.48. The Morgan fingerprint density at radius 3 is 2.46 bits per heavy atom. The average Bonchev–Trinajstić information content (AvgIpc) is 2.67. The summed E-state index contributed by atoms with van der Waals surface area (Å²) < 4.78 is 5.11. The second-order valence-electron chi connectivity index (χ2n) is 7.03. The maximum Gasteiger partial charge on any atom is 0.338 e. The van der Waals surface area contributed by atoms with Gasteiger partial charge >= 0.3 is 5.97 Å². The lowest BCUT2D eigenvalue weighted by Crippen LogP contribution is -2.38. The van der Waals surface area contributed by atoms with Crippen LogP contribution < -0.4 is 10.2 Å². The SMILES string of the molecule is O=C(COC(=O)c1ccc(N2CCCCC2=O)cc1)NC1CCCCC1. The monoisotopic (exact) mass is 358 g/mol. The van der Waals surface area contributed by atoms with Gasteiger partial charge in [0.1, 0.15) is 0 Å². The number of nitrogens with one attached hydrogen (secondary N) is 1.